The van der Waals surface area contributed by atoms with Crippen LogP contribution >= 0.6 is 0 Å². The van der Waals surface area contributed by atoms with E-state index in [1.165, 1.54) is 11.0 Å². The van der Waals surface area contributed by atoms with Gasteiger partial charge in [0, 0.05) is 18.2 Å². The number of hydrogen-bond donors (Lipinski definition) is 1. The summed E-state index contributed by atoms with van der Waals surface area (Å²) in [7, 11) is 0. The van der Waals surface area contributed by atoms with Crippen molar-refractivity contribution in [1.82, 2.24) is 0 Å². The van der Waals surface area contributed by atoms with Crippen molar-refractivity contribution in [2.45, 2.75) is 25.0 Å². The molecule has 0 aromatic heterocycles. The Labute approximate surface area is 135 Å². The molecular weight excluding hydrogens is 321 g/mol. The fourth-order valence-electron chi connectivity index (χ4n) is 2.93. The molecule has 1 aromatic carbocycles. The minimum atomic E-state index is -1.08. The number of ether oxygens (including phenoxy) is 2. The second-order valence-electron chi connectivity index (χ2n) is 5.94. The standard InChI is InChI=1S/C15H14FN3O5/c16-9-3-8(18-5-11(14(17)21)24-15(18)22)4-10-13(9)19(7-1-2-7)12(20)6-23-10/h3-4,7,11H,1-2,5-6H2,(H2,17,21)/t11-/m1/s1. The Morgan fingerprint density at radius 2 is 2.04 bits per heavy atom. The van der Waals surface area contributed by atoms with Crippen LogP contribution < -0.4 is 20.3 Å². The summed E-state index contributed by atoms with van der Waals surface area (Å²) in [5.74, 6) is -1.54. The predicted molar refractivity (Wildman–Crippen MR) is 79.2 cm³/mol. The van der Waals surface area contributed by atoms with Crippen molar-refractivity contribution in [2.75, 3.05) is 23.0 Å². The van der Waals surface area contributed by atoms with Crippen LogP contribution in [0.4, 0.5) is 20.6 Å². The number of anilines is 2. The summed E-state index contributed by atoms with van der Waals surface area (Å²) in [5, 5.41) is 0. The Balaban J connectivity index is 1.70. The average molecular weight is 335 g/mol. The number of rotatable bonds is 3. The molecule has 0 bridgehead atoms. The summed E-state index contributed by atoms with van der Waals surface area (Å²) in [5.41, 5.74) is 5.41. The van der Waals surface area contributed by atoms with Gasteiger partial charge < -0.3 is 20.1 Å². The molecule has 2 aliphatic heterocycles. The summed E-state index contributed by atoms with van der Waals surface area (Å²) in [4.78, 5) is 37.6. The van der Waals surface area contributed by atoms with Gasteiger partial charge in [-0.05, 0) is 12.8 Å². The van der Waals surface area contributed by atoms with Crippen LogP contribution in [0.5, 0.6) is 5.75 Å². The van der Waals surface area contributed by atoms with Crippen LogP contribution in [0.1, 0.15) is 12.8 Å². The maximum atomic E-state index is 14.6. The van der Waals surface area contributed by atoms with Gasteiger partial charge in [0.2, 0.25) is 0 Å². The first-order chi connectivity index (χ1) is 11.5. The average Bonchev–Trinajstić information content (AvgIpc) is 3.28. The molecule has 3 aliphatic rings. The monoisotopic (exact) mass is 335 g/mol. The highest BCUT2D eigenvalue weighted by atomic mass is 19.1. The highest BCUT2D eigenvalue weighted by molar-refractivity contribution is 6.00. The zero-order chi connectivity index (χ0) is 17.0. The molecule has 3 amide bonds. The van der Waals surface area contributed by atoms with E-state index in [1.54, 1.807) is 0 Å². The fraction of sp³-hybridized carbons (Fsp3) is 0.400. The number of cyclic esters (lactones) is 1. The molecule has 4 rings (SSSR count). The summed E-state index contributed by atoms with van der Waals surface area (Å²) >= 11 is 0. The second kappa shape index (κ2) is 5.08. The first kappa shape index (κ1) is 14.7. The maximum Gasteiger partial charge on any atom is 0.415 e. The van der Waals surface area contributed by atoms with Crippen molar-refractivity contribution in [1.29, 1.82) is 0 Å². The van der Waals surface area contributed by atoms with Crippen LogP contribution in [0.3, 0.4) is 0 Å². The smallest absolute Gasteiger partial charge is 0.415 e. The number of halogens is 1. The van der Waals surface area contributed by atoms with Crippen molar-refractivity contribution in [2.24, 2.45) is 5.73 Å². The third-order valence-corrected chi connectivity index (χ3v) is 4.23. The number of nitrogens with two attached hydrogens (primary N) is 1. The number of carbonyl (C=O) groups excluding carboxylic acids is 3. The largest absolute Gasteiger partial charge is 0.481 e. The fourth-order valence-corrected chi connectivity index (χ4v) is 2.93. The lowest BCUT2D eigenvalue weighted by Gasteiger charge is -2.30. The Kier molecular flexibility index (Phi) is 3.12. The normalized spacial score (nSPS) is 23.0. The molecule has 126 valence electrons. The van der Waals surface area contributed by atoms with Crippen LogP contribution in [0, 0.1) is 5.82 Å². The summed E-state index contributed by atoms with van der Waals surface area (Å²) < 4.78 is 24.8. The topological polar surface area (TPSA) is 102 Å². The van der Waals surface area contributed by atoms with Crippen molar-refractivity contribution in [3.05, 3.63) is 17.9 Å². The molecule has 1 saturated carbocycles. The van der Waals surface area contributed by atoms with Gasteiger partial charge >= 0.3 is 6.09 Å². The molecule has 1 atom stereocenters. The summed E-state index contributed by atoms with van der Waals surface area (Å²) in [6, 6.07) is 2.59. The van der Waals surface area contributed by atoms with E-state index < -0.39 is 23.9 Å². The van der Waals surface area contributed by atoms with E-state index in [0.29, 0.717) is 0 Å². The molecule has 2 fully saturated rings. The summed E-state index contributed by atoms with van der Waals surface area (Å²) in [6.45, 7) is -0.279. The van der Waals surface area contributed by atoms with Gasteiger partial charge in [0.25, 0.3) is 11.8 Å². The molecule has 9 heteroatoms. The van der Waals surface area contributed by atoms with Gasteiger partial charge in [0.15, 0.2) is 18.5 Å². The highest BCUT2D eigenvalue weighted by Crippen LogP contribution is 2.43. The molecule has 1 aromatic rings. The SMILES string of the molecule is NC(=O)[C@H]1CN(c2cc(F)c3c(c2)OCC(=O)N3C2CC2)C(=O)O1. The van der Waals surface area contributed by atoms with Gasteiger partial charge in [-0.25, -0.2) is 9.18 Å². The first-order valence-corrected chi connectivity index (χ1v) is 7.51. The molecule has 2 heterocycles. The number of amides is 3. The highest BCUT2D eigenvalue weighted by Gasteiger charge is 2.41. The van der Waals surface area contributed by atoms with E-state index in [1.807, 2.05) is 0 Å². The zero-order valence-corrected chi connectivity index (χ0v) is 12.5. The van der Waals surface area contributed by atoms with Crippen molar-refractivity contribution < 1.29 is 28.2 Å². The predicted octanol–water partition coefficient (Wildman–Crippen LogP) is 0.524. The number of fused-ring (bicyclic) bond motifs is 1. The van der Waals surface area contributed by atoms with Crippen molar-refractivity contribution in [3.63, 3.8) is 0 Å². The van der Waals surface area contributed by atoms with Gasteiger partial charge in [-0.3, -0.25) is 14.5 Å². The number of benzene rings is 1. The van der Waals surface area contributed by atoms with E-state index in [4.69, 9.17) is 15.2 Å². The molecule has 1 saturated heterocycles. The van der Waals surface area contributed by atoms with Gasteiger partial charge in [-0.15, -0.1) is 0 Å². The third kappa shape index (κ3) is 2.24. The Morgan fingerprint density at radius 1 is 1.29 bits per heavy atom. The van der Waals surface area contributed by atoms with Gasteiger partial charge in [0.05, 0.1) is 12.2 Å². The van der Waals surface area contributed by atoms with Crippen LogP contribution in [0.2, 0.25) is 0 Å². The number of hydrogen-bond acceptors (Lipinski definition) is 5. The molecule has 0 radical (unpaired) electrons. The zero-order valence-electron chi connectivity index (χ0n) is 12.5. The molecule has 8 nitrogen and oxygen atoms in total. The molecule has 0 unspecified atom stereocenters. The molecular formula is C15H14FN3O5. The lowest BCUT2D eigenvalue weighted by Crippen LogP contribution is -2.41. The Hall–Kier alpha value is -2.84. The second-order valence-corrected chi connectivity index (χ2v) is 5.94. The van der Waals surface area contributed by atoms with Crippen molar-refractivity contribution in [3.8, 4) is 5.75 Å². The van der Waals surface area contributed by atoms with Crippen molar-refractivity contribution >= 4 is 29.3 Å². The van der Waals surface area contributed by atoms with E-state index in [2.05, 4.69) is 0 Å². The maximum absolute atomic E-state index is 14.6. The van der Waals surface area contributed by atoms with E-state index in [9.17, 15) is 18.8 Å². The minimum absolute atomic E-state index is 0.00325. The Bertz CT molecular complexity index is 764. The number of carbonyl (C=O) groups is 3. The number of primary amides is 1. The van der Waals surface area contributed by atoms with E-state index in [-0.39, 0.29) is 42.2 Å². The molecule has 0 spiro atoms. The van der Waals surface area contributed by atoms with Crippen LogP contribution in [-0.4, -0.2) is 43.2 Å². The van der Waals surface area contributed by atoms with E-state index in [0.717, 1.165) is 23.8 Å². The molecule has 1 aliphatic carbocycles. The molecule has 24 heavy (non-hydrogen) atoms. The van der Waals surface area contributed by atoms with Gasteiger partial charge in [-0.1, -0.05) is 0 Å². The van der Waals surface area contributed by atoms with Gasteiger partial charge in [0.1, 0.15) is 11.4 Å². The lowest BCUT2D eigenvalue weighted by molar-refractivity contribution is -0.124. The minimum Gasteiger partial charge on any atom is -0.481 e. The van der Waals surface area contributed by atoms with Crippen LogP contribution in [0.15, 0.2) is 12.1 Å². The Morgan fingerprint density at radius 3 is 2.67 bits per heavy atom. The first-order valence-electron chi connectivity index (χ1n) is 7.51. The molecule has 2 N–H and O–H groups in total. The lowest BCUT2D eigenvalue weighted by atomic mass is 10.1. The quantitative estimate of drug-likeness (QED) is 0.868. The van der Waals surface area contributed by atoms with Crippen LogP contribution in [-0.2, 0) is 14.3 Å². The third-order valence-electron chi connectivity index (χ3n) is 4.23. The summed E-state index contributed by atoms with van der Waals surface area (Å²) in [6.07, 6.45) is -0.220. The van der Waals surface area contributed by atoms with Gasteiger partial charge in [-0.2, -0.15) is 0 Å². The number of nitrogens with zero attached hydrogens (tertiary/aromatic N) is 2. The van der Waals surface area contributed by atoms with E-state index >= 15 is 0 Å². The van der Waals surface area contributed by atoms with Crippen LogP contribution in [0.25, 0.3) is 0 Å².